The number of hydrogen-bond donors (Lipinski definition) is 2. The number of carbonyl (C=O) groups is 3. The lowest BCUT2D eigenvalue weighted by Gasteiger charge is -2.11. The molecule has 0 bridgehead atoms. The van der Waals surface area contributed by atoms with Crippen LogP contribution >= 0.6 is 11.3 Å². The van der Waals surface area contributed by atoms with Crippen LogP contribution in [0.25, 0.3) is 0 Å². The first-order valence-corrected chi connectivity index (χ1v) is 8.92. The van der Waals surface area contributed by atoms with E-state index < -0.39 is 0 Å². The van der Waals surface area contributed by atoms with Crippen molar-refractivity contribution in [2.24, 2.45) is 0 Å². The lowest BCUT2D eigenvalue weighted by molar-refractivity contribution is -0.143. The summed E-state index contributed by atoms with van der Waals surface area (Å²) in [6.07, 6.45) is 0.749. The minimum Gasteiger partial charge on any atom is -0.466 e. The highest BCUT2D eigenvalue weighted by atomic mass is 32.1. The molecule has 0 aliphatic rings. The predicted octanol–water partition coefficient (Wildman–Crippen LogP) is 3.07. The molecule has 7 heteroatoms. The highest BCUT2D eigenvalue weighted by Gasteiger charge is 2.14. The largest absolute Gasteiger partial charge is 0.466 e. The van der Waals surface area contributed by atoms with Crippen molar-refractivity contribution in [3.05, 3.63) is 52.2 Å². The number of benzene rings is 1. The zero-order valence-corrected chi connectivity index (χ0v) is 14.7. The summed E-state index contributed by atoms with van der Waals surface area (Å²) in [6.45, 7) is 2.45. The Morgan fingerprint density at radius 3 is 2.64 bits per heavy atom. The standard InChI is InChI=1S/C18H20N2O4S/c1-2-24-16(21)8-5-10-19-18(23)14-6-3-4-7-15(14)20-17(22)13-9-11-25-12-13/h3-4,6-7,9,11-12H,2,5,8,10H2,1H3,(H,19,23)(H,20,22). The van der Waals surface area contributed by atoms with E-state index in [1.54, 1.807) is 42.6 Å². The quantitative estimate of drug-likeness (QED) is 0.560. The van der Waals surface area contributed by atoms with Gasteiger partial charge in [-0.2, -0.15) is 11.3 Å². The zero-order chi connectivity index (χ0) is 18.1. The monoisotopic (exact) mass is 360 g/mol. The molecule has 2 N–H and O–H groups in total. The molecule has 0 unspecified atom stereocenters. The van der Waals surface area contributed by atoms with Gasteiger partial charge in [-0.15, -0.1) is 0 Å². The number of nitrogens with one attached hydrogen (secondary N) is 2. The van der Waals surface area contributed by atoms with Crippen molar-refractivity contribution in [2.45, 2.75) is 19.8 Å². The first-order chi connectivity index (χ1) is 12.1. The minimum absolute atomic E-state index is 0.255. The van der Waals surface area contributed by atoms with E-state index in [1.165, 1.54) is 11.3 Å². The summed E-state index contributed by atoms with van der Waals surface area (Å²) in [5.41, 5.74) is 1.37. The fraction of sp³-hybridized carbons (Fsp3) is 0.278. The SMILES string of the molecule is CCOC(=O)CCCNC(=O)c1ccccc1NC(=O)c1ccsc1. The third-order valence-corrected chi connectivity index (χ3v) is 4.04. The average Bonchev–Trinajstić information content (AvgIpc) is 3.14. The van der Waals surface area contributed by atoms with E-state index in [2.05, 4.69) is 10.6 Å². The van der Waals surface area contributed by atoms with E-state index in [-0.39, 0.29) is 24.2 Å². The van der Waals surface area contributed by atoms with Crippen molar-refractivity contribution in [3.63, 3.8) is 0 Å². The van der Waals surface area contributed by atoms with E-state index in [0.717, 1.165) is 0 Å². The van der Waals surface area contributed by atoms with Crippen LogP contribution in [0.15, 0.2) is 41.1 Å². The van der Waals surface area contributed by atoms with Crippen molar-refractivity contribution in [1.82, 2.24) is 5.32 Å². The number of carbonyl (C=O) groups excluding carboxylic acids is 3. The number of ether oxygens (including phenoxy) is 1. The zero-order valence-electron chi connectivity index (χ0n) is 13.9. The molecule has 1 heterocycles. The molecule has 0 aliphatic heterocycles. The van der Waals surface area contributed by atoms with Crippen molar-refractivity contribution >= 4 is 34.8 Å². The molecule has 2 rings (SSSR count). The molecule has 0 saturated heterocycles. The number of anilines is 1. The molecule has 6 nitrogen and oxygen atoms in total. The van der Waals surface area contributed by atoms with Crippen LogP contribution in [-0.4, -0.2) is 30.9 Å². The van der Waals surface area contributed by atoms with Crippen molar-refractivity contribution in [3.8, 4) is 0 Å². The normalized spacial score (nSPS) is 10.1. The van der Waals surface area contributed by atoms with Crippen molar-refractivity contribution < 1.29 is 19.1 Å². The first kappa shape index (κ1) is 18.7. The van der Waals surface area contributed by atoms with Crippen molar-refractivity contribution in [1.29, 1.82) is 0 Å². The number of hydrogen-bond acceptors (Lipinski definition) is 5. The topological polar surface area (TPSA) is 84.5 Å². The van der Waals surface area contributed by atoms with Gasteiger partial charge in [-0.05, 0) is 36.9 Å². The second-order valence-corrected chi connectivity index (χ2v) is 5.96. The number of para-hydroxylation sites is 1. The highest BCUT2D eigenvalue weighted by molar-refractivity contribution is 7.08. The van der Waals surface area contributed by atoms with Crippen molar-refractivity contribution in [2.75, 3.05) is 18.5 Å². The Morgan fingerprint density at radius 2 is 1.92 bits per heavy atom. The van der Waals surface area contributed by atoms with Crippen LogP contribution in [-0.2, 0) is 9.53 Å². The van der Waals surface area contributed by atoms with Crippen LogP contribution in [0.1, 0.15) is 40.5 Å². The van der Waals surface area contributed by atoms with E-state index in [4.69, 9.17) is 4.74 Å². The number of thiophene rings is 1. The predicted molar refractivity (Wildman–Crippen MR) is 96.9 cm³/mol. The van der Waals surface area contributed by atoms with Crippen LogP contribution in [0.5, 0.6) is 0 Å². The van der Waals surface area contributed by atoms with Gasteiger partial charge in [0.1, 0.15) is 0 Å². The number of esters is 1. The molecule has 0 atom stereocenters. The van der Waals surface area contributed by atoms with Gasteiger partial charge < -0.3 is 15.4 Å². The Bertz CT molecular complexity index is 728. The van der Waals surface area contributed by atoms with E-state index >= 15 is 0 Å². The second kappa shape index (κ2) is 9.58. The molecule has 0 fully saturated rings. The smallest absolute Gasteiger partial charge is 0.305 e. The van der Waals surface area contributed by atoms with Crippen LogP contribution in [0.4, 0.5) is 5.69 Å². The molecule has 1 aromatic carbocycles. The van der Waals surface area contributed by atoms with Crippen LogP contribution in [0, 0.1) is 0 Å². The fourth-order valence-electron chi connectivity index (χ4n) is 2.14. The lowest BCUT2D eigenvalue weighted by Crippen LogP contribution is -2.26. The van der Waals surface area contributed by atoms with E-state index in [1.807, 2.05) is 5.38 Å². The lowest BCUT2D eigenvalue weighted by atomic mass is 10.1. The Balaban J connectivity index is 1.91. The van der Waals surface area contributed by atoms with Gasteiger partial charge in [0, 0.05) is 18.3 Å². The van der Waals surface area contributed by atoms with Gasteiger partial charge in [0.15, 0.2) is 0 Å². The molecule has 0 spiro atoms. The average molecular weight is 360 g/mol. The summed E-state index contributed by atoms with van der Waals surface area (Å²) >= 11 is 1.43. The Morgan fingerprint density at radius 1 is 1.12 bits per heavy atom. The molecular weight excluding hydrogens is 340 g/mol. The highest BCUT2D eigenvalue weighted by Crippen LogP contribution is 2.17. The molecule has 0 saturated carbocycles. The van der Waals surface area contributed by atoms with E-state index in [0.29, 0.717) is 36.4 Å². The number of amides is 2. The van der Waals surface area contributed by atoms with Gasteiger partial charge >= 0.3 is 5.97 Å². The second-order valence-electron chi connectivity index (χ2n) is 5.18. The molecule has 2 amide bonds. The fourth-order valence-corrected chi connectivity index (χ4v) is 2.78. The maximum absolute atomic E-state index is 12.3. The molecule has 1 aromatic heterocycles. The maximum atomic E-state index is 12.3. The molecule has 132 valence electrons. The van der Waals surface area contributed by atoms with Crippen LogP contribution in [0.3, 0.4) is 0 Å². The number of rotatable bonds is 8. The summed E-state index contributed by atoms with van der Waals surface area (Å²) in [7, 11) is 0. The maximum Gasteiger partial charge on any atom is 0.305 e. The Hall–Kier alpha value is -2.67. The van der Waals surface area contributed by atoms with Gasteiger partial charge in [-0.3, -0.25) is 14.4 Å². The molecule has 25 heavy (non-hydrogen) atoms. The van der Waals surface area contributed by atoms with E-state index in [9.17, 15) is 14.4 Å². The van der Waals surface area contributed by atoms with Gasteiger partial charge in [0.2, 0.25) is 0 Å². The van der Waals surface area contributed by atoms with Gasteiger partial charge in [-0.1, -0.05) is 12.1 Å². The first-order valence-electron chi connectivity index (χ1n) is 7.98. The minimum atomic E-state index is -0.301. The Kier molecular flexibility index (Phi) is 7.16. The van der Waals surface area contributed by atoms with Crippen LogP contribution in [0.2, 0.25) is 0 Å². The summed E-state index contributed by atoms with van der Waals surface area (Å²) < 4.78 is 4.83. The Labute approximate surface area is 150 Å². The summed E-state index contributed by atoms with van der Waals surface area (Å²) in [6, 6.07) is 8.52. The van der Waals surface area contributed by atoms with Crippen LogP contribution < -0.4 is 10.6 Å². The molecular formula is C18H20N2O4S. The summed E-state index contributed by atoms with van der Waals surface area (Å²) in [5.74, 6) is -0.839. The third kappa shape index (κ3) is 5.72. The molecule has 0 radical (unpaired) electrons. The third-order valence-electron chi connectivity index (χ3n) is 3.35. The van der Waals surface area contributed by atoms with Gasteiger partial charge in [0.25, 0.3) is 11.8 Å². The summed E-state index contributed by atoms with van der Waals surface area (Å²) in [5, 5.41) is 9.06. The van der Waals surface area contributed by atoms with Gasteiger partial charge in [0.05, 0.1) is 23.4 Å². The summed E-state index contributed by atoms with van der Waals surface area (Å²) in [4.78, 5) is 35.8. The molecule has 2 aromatic rings. The molecule has 0 aliphatic carbocycles. The van der Waals surface area contributed by atoms with Gasteiger partial charge in [-0.25, -0.2) is 0 Å².